The van der Waals surface area contributed by atoms with E-state index in [1.165, 1.54) is 44.9 Å². The van der Waals surface area contributed by atoms with E-state index in [1.807, 2.05) is 0 Å². The number of alkyl halides is 1. The number of carbonyl (C=O) groups is 1. The van der Waals surface area contributed by atoms with E-state index in [4.69, 9.17) is 0 Å². The third kappa shape index (κ3) is 14.0. The Bertz CT molecular complexity index is 140. The fourth-order valence-corrected chi connectivity index (χ4v) is 1.92. The van der Waals surface area contributed by atoms with Gasteiger partial charge < -0.3 is 5.32 Å². The molecule has 0 radical (unpaired) electrons. The number of hydrogen-bond acceptors (Lipinski definition) is 1. The highest BCUT2D eigenvalue weighted by Crippen LogP contribution is 2.12. The van der Waals surface area contributed by atoms with Gasteiger partial charge in [0, 0.05) is 11.4 Å². The molecule has 0 aliphatic rings. The van der Waals surface area contributed by atoms with Crippen molar-refractivity contribution in [2.75, 3.05) is 6.54 Å². The molecule has 0 aliphatic heterocycles. The molecule has 15 heavy (non-hydrogen) atoms. The molecule has 1 amide bonds. The van der Waals surface area contributed by atoms with E-state index >= 15 is 0 Å². The average molecular weight is 278 g/mol. The predicted octanol–water partition coefficient (Wildman–Crippen LogP) is 3.64. The third-order valence-corrected chi connectivity index (χ3v) is 2.96. The zero-order valence-corrected chi connectivity index (χ0v) is 11.4. The van der Waals surface area contributed by atoms with Crippen LogP contribution in [-0.4, -0.2) is 17.8 Å². The quantitative estimate of drug-likeness (QED) is 0.349. The van der Waals surface area contributed by atoms with Gasteiger partial charge in [0.2, 0.25) is 6.41 Å². The summed E-state index contributed by atoms with van der Waals surface area (Å²) in [6.45, 7) is 3.05. The zero-order valence-electron chi connectivity index (χ0n) is 9.80. The minimum absolute atomic E-state index is 0.673. The predicted molar refractivity (Wildman–Crippen MR) is 69.4 cm³/mol. The van der Waals surface area contributed by atoms with E-state index in [0.29, 0.717) is 4.83 Å². The first-order valence-electron chi connectivity index (χ1n) is 6.08. The summed E-state index contributed by atoms with van der Waals surface area (Å²) in [4.78, 5) is 10.6. The summed E-state index contributed by atoms with van der Waals surface area (Å²) in [5.41, 5.74) is 0. The first-order chi connectivity index (χ1) is 7.27. The van der Waals surface area contributed by atoms with E-state index in [2.05, 4.69) is 28.2 Å². The minimum Gasteiger partial charge on any atom is -0.359 e. The highest BCUT2D eigenvalue weighted by molar-refractivity contribution is 9.09. The Morgan fingerprint density at radius 2 is 1.60 bits per heavy atom. The van der Waals surface area contributed by atoms with Crippen LogP contribution in [0.15, 0.2) is 0 Å². The van der Waals surface area contributed by atoms with Crippen molar-refractivity contribution in [1.29, 1.82) is 0 Å². The maximum absolute atomic E-state index is 9.95. The molecule has 0 bridgehead atoms. The fourth-order valence-electron chi connectivity index (χ4n) is 1.60. The van der Waals surface area contributed by atoms with E-state index in [0.717, 1.165) is 19.4 Å². The zero-order chi connectivity index (χ0) is 11.4. The molecule has 3 heteroatoms. The SMILES string of the molecule is CC(Br)CCCCCCCCCNC=O. The van der Waals surface area contributed by atoms with Gasteiger partial charge in [0.15, 0.2) is 0 Å². The van der Waals surface area contributed by atoms with E-state index in [-0.39, 0.29) is 0 Å². The summed E-state index contributed by atoms with van der Waals surface area (Å²) in [6, 6.07) is 0. The normalized spacial score (nSPS) is 12.4. The largest absolute Gasteiger partial charge is 0.359 e. The number of rotatable bonds is 11. The van der Waals surface area contributed by atoms with E-state index < -0.39 is 0 Å². The molecule has 0 rings (SSSR count). The van der Waals surface area contributed by atoms with Gasteiger partial charge in [0.05, 0.1) is 0 Å². The Morgan fingerprint density at radius 1 is 1.07 bits per heavy atom. The monoisotopic (exact) mass is 277 g/mol. The number of unbranched alkanes of at least 4 members (excludes halogenated alkanes) is 6. The van der Waals surface area contributed by atoms with Crippen molar-refractivity contribution in [3.8, 4) is 0 Å². The molecule has 1 atom stereocenters. The van der Waals surface area contributed by atoms with Gasteiger partial charge >= 0.3 is 0 Å². The molecule has 1 unspecified atom stereocenters. The Hall–Kier alpha value is -0.0500. The number of hydrogen-bond donors (Lipinski definition) is 1. The van der Waals surface area contributed by atoms with Gasteiger partial charge in [-0.05, 0) is 12.8 Å². The first-order valence-corrected chi connectivity index (χ1v) is 7.00. The second kappa shape index (κ2) is 12.0. The summed E-state index contributed by atoms with van der Waals surface area (Å²) >= 11 is 3.56. The molecule has 0 saturated heterocycles. The second-order valence-corrected chi connectivity index (χ2v) is 5.68. The van der Waals surface area contributed by atoms with Crippen LogP contribution >= 0.6 is 15.9 Å². The van der Waals surface area contributed by atoms with Crippen molar-refractivity contribution in [2.45, 2.75) is 63.1 Å². The molecule has 0 aromatic heterocycles. The molecule has 2 nitrogen and oxygen atoms in total. The van der Waals surface area contributed by atoms with Crippen molar-refractivity contribution >= 4 is 22.3 Å². The van der Waals surface area contributed by atoms with Crippen LogP contribution in [0.25, 0.3) is 0 Å². The van der Waals surface area contributed by atoms with Gasteiger partial charge in [-0.25, -0.2) is 0 Å². The number of amides is 1. The van der Waals surface area contributed by atoms with Crippen LogP contribution in [0.4, 0.5) is 0 Å². The van der Waals surface area contributed by atoms with Crippen LogP contribution in [-0.2, 0) is 4.79 Å². The van der Waals surface area contributed by atoms with Gasteiger partial charge in [0.1, 0.15) is 0 Å². The lowest BCUT2D eigenvalue weighted by atomic mass is 10.1. The van der Waals surface area contributed by atoms with Gasteiger partial charge in [-0.2, -0.15) is 0 Å². The molecular formula is C12H24BrNO. The lowest BCUT2D eigenvalue weighted by Gasteiger charge is -2.03. The van der Waals surface area contributed by atoms with Crippen LogP contribution in [0.3, 0.4) is 0 Å². The van der Waals surface area contributed by atoms with Crippen LogP contribution in [0.1, 0.15) is 58.3 Å². The van der Waals surface area contributed by atoms with Crippen LogP contribution in [0.2, 0.25) is 0 Å². The number of nitrogens with one attached hydrogen (secondary N) is 1. The van der Waals surface area contributed by atoms with Crippen LogP contribution in [0, 0.1) is 0 Å². The molecule has 1 N–H and O–H groups in total. The Labute approximate surface area is 102 Å². The van der Waals surface area contributed by atoms with E-state index in [1.54, 1.807) is 0 Å². The first kappa shape index (κ1) is 14.9. The molecular weight excluding hydrogens is 254 g/mol. The summed E-state index contributed by atoms with van der Waals surface area (Å²) < 4.78 is 0. The Morgan fingerprint density at radius 3 is 2.13 bits per heavy atom. The molecule has 0 spiro atoms. The highest BCUT2D eigenvalue weighted by atomic mass is 79.9. The molecule has 0 aliphatic carbocycles. The molecule has 0 saturated carbocycles. The second-order valence-electron chi connectivity index (χ2n) is 4.12. The van der Waals surface area contributed by atoms with Gasteiger partial charge in [-0.15, -0.1) is 0 Å². The van der Waals surface area contributed by atoms with Crippen molar-refractivity contribution in [2.24, 2.45) is 0 Å². The maximum Gasteiger partial charge on any atom is 0.207 e. The van der Waals surface area contributed by atoms with Crippen molar-refractivity contribution < 1.29 is 4.79 Å². The standard InChI is InChI=1S/C12H24BrNO/c1-12(13)9-7-5-3-2-4-6-8-10-14-11-15/h11-12H,2-10H2,1H3,(H,14,15). The van der Waals surface area contributed by atoms with Crippen LogP contribution < -0.4 is 5.32 Å². The Kier molecular flexibility index (Phi) is 12.0. The van der Waals surface area contributed by atoms with E-state index in [9.17, 15) is 4.79 Å². The molecule has 0 aromatic rings. The summed E-state index contributed by atoms with van der Waals surface area (Å²) in [5.74, 6) is 0. The average Bonchev–Trinajstić information content (AvgIpc) is 2.20. The van der Waals surface area contributed by atoms with Gasteiger partial charge in [0.25, 0.3) is 0 Å². The molecule has 0 fully saturated rings. The molecule has 0 aromatic carbocycles. The number of carbonyl (C=O) groups excluding carboxylic acids is 1. The highest BCUT2D eigenvalue weighted by Gasteiger charge is 1.95. The van der Waals surface area contributed by atoms with Gasteiger partial charge in [-0.3, -0.25) is 4.79 Å². The summed E-state index contributed by atoms with van der Waals surface area (Å²) in [7, 11) is 0. The molecule has 90 valence electrons. The topological polar surface area (TPSA) is 29.1 Å². The number of halogens is 1. The summed E-state index contributed by atoms with van der Waals surface area (Å²) in [5, 5.41) is 2.69. The maximum atomic E-state index is 9.95. The molecule has 0 heterocycles. The lowest BCUT2D eigenvalue weighted by Crippen LogP contribution is -2.11. The fraction of sp³-hybridized carbons (Fsp3) is 0.917. The van der Waals surface area contributed by atoms with Crippen LogP contribution in [0.5, 0.6) is 0 Å². The van der Waals surface area contributed by atoms with Gasteiger partial charge in [-0.1, -0.05) is 61.4 Å². The van der Waals surface area contributed by atoms with Crippen molar-refractivity contribution in [1.82, 2.24) is 5.32 Å². The summed E-state index contributed by atoms with van der Waals surface area (Å²) in [6.07, 6.45) is 11.2. The lowest BCUT2D eigenvalue weighted by molar-refractivity contribution is -0.109. The smallest absolute Gasteiger partial charge is 0.207 e. The minimum atomic E-state index is 0.673. The Balaban J connectivity index is 2.89. The van der Waals surface area contributed by atoms with Crippen molar-refractivity contribution in [3.63, 3.8) is 0 Å². The van der Waals surface area contributed by atoms with Crippen molar-refractivity contribution in [3.05, 3.63) is 0 Å². The third-order valence-electron chi connectivity index (χ3n) is 2.51.